The minimum atomic E-state index is 0.00695. The van der Waals surface area contributed by atoms with Crippen LogP contribution in [0, 0.1) is 0 Å². The van der Waals surface area contributed by atoms with E-state index in [1.807, 2.05) is 36.7 Å². The third-order valence-electron chi connectivity index (χ3n) is 5.13. The summed E-state index contributed by atoms with van der Waals surface area (Å²) in [5.74, 6) is 0. The van der Waals surface area contributed by atoms with E-state index in [0.29, 0.717) is 0 Å². The van der Waals surface area contributed by atoms with E-state index in [-0.39, 0.29) is 12.1 Å². The van der Waals surface area contributed by atoms with Crippen LogP contribution in [0.2, 0.25) is 0 Å². The van der Waals surface area contributed by atoms with Crippen LogP contribution in [0.1, 0.15) is 74.6 Å². The molecule has 2 aromatic heterocycles. The Morgan fingerprint density at radius 2 is 1.07 bits per heavy atom. The summed E-state index contributed by atoms with van der Waals surface area (Å²) in [5.41, 5.74) is 27.7. The van der Waals surface area contributed by atoms with E-state index in [2.05, 4.69) is 9.97 Å². The highest BCUT2D eigenvalue weighted by atomic mass is 14.8. The molecule has 0 saturated heterocycles. The van der Waals surface area contributed by atoms with Crippen LogP contribution in [0.3, 0.4) is 0 Å². The summed E-state index contributed by atoms with van der Waals surface area (Å²) in [6.07, 6.45) is 12.0. The van der Waals surface area contributed by atoms with Gasteiger partial charge < -0.3 is 22.9 Å². The van der Waals surface area contributed by atoms with Crippen molar-refractivity contribution >= 4 is 0 Å². The van der Waals surface area contributed by atoms with Crippen molar-refractivity contribution in [2.45, 2.75) is 63.5 Å². The van der Waals surface area contributed by atoms with Crippen LogP contribution in [0.15, 0.2) is 36.7 Å². The van der Waals surface area contributed by atoms with E-state index in [1.165, 1.54) is 0 Å². The van der Waals surface area contributed by atoms with E-state index in [9.17, 15) is 0 Å². The molecule has 2 rings (SSSR count). The highest BCUT2D eigenvalue weighted by Gasteiger charge is 2.11. The zero-order valence-corrected chi connectivity index (χ0v) is 16.9. The second-order valence-electron chi connectivity index (χ2n) is 7.44. The smallest absolute Gasteiger partial charge is 0.0889 e. The average Bonchev–Trinajstić information content (AvgIpc) is 2.74. The molecule has 0 bridgehead atoms. The summed E-state index contributed by atoms with van der Waals surface area (Å²) >= 11 is 0. The first-order valence-corrected chi connectivity index (χ1v) is 10.5. The van der Waals surface area contributed by atoms with Crippen LogP contribution in [0.5, 0.6) is 0 Å². The van der Waals surface area contributed by atoms with Gasteiger partial charge in [-0.15, -0.1) is 0 Å². The second-order valence-corrected chi connectivity index (χ2v) is 7.44. The fraction of sp³-hybridized carbons (Fsp3) is 0.545. The Kier molecular flexibility index (Phi) is 10.1. The van der Waals surface area contributed by atoms with Gasteiger partial charge in [0, 0.05) is 24.5 Å². The minimum Gasteiger partial charge on any atom is -0.330 e. The molecule has 0 aromatic carbocycles. The number of nitrogens with zero attached hydrogens (tertiary/aromatic N) is 2. The van der Waals surface area contributed by atoms with Crippen LogP contribution in [-0.4, -0.2) is 23.1 Å². The molecular formula is C22H36N6. The van der Waals surface area contributed by atoms with Crippen LogP contribution in [-0.2, 0) is 0 Å². The number of hydrogen-bond acceptors (Lipinski definition) is 6. The summed E-state index contributed by atoms with van der Waals surface area (Å²) < 4.78 is 0. The molecule has 0 radical (unpaired) electrons. The summed E-state index contributed by atoms with van der Waals surface area (Å²) in [4.78, 5) is 9.00. The highest BCUT2D eigenvalue weighted by Crippen LogP contribution is 2.24. The number of rotatable bonds is 13. The van der Waals surface area contributed by atoms with Crippen molar-refractivity contribution in [2.75, 3.05) is 13.1 Å². The van der Waals surface area contributed by atoms with Gasteiger partial charge in [0.15, 0.2) is 0 Å². The summed E-state index contributed by atoms with van der Waals surface area (Å²) in [6.45, 7) is 1.48. The second kappa shape index (κ2) is 12.6. The summed E-state index contributed by atoms with van der Waals surface area (Å²) in [5, 5.41) is 0. The topological polar surface area (TPSA) is 130 Å². The highest BCUT2D eigenvalue weighted by molar-refractivity contribution is 5.56. The normalized spacial score (nSPS) is 13.4. The Morgan fingerprint density at radius 1 is 0.643 bits per heavy atom. The third-order valence-corrected chi connectivity index (χ3v) is 5.13. The van der Waals surface area contributed by atoms with Crippen LogP contribution in [0.4, 0.5) is 0 Å². The van der Waals surface area contributed by atoms with Gasteiger partial charge >= 0.3 is 0 Å². The van der Waals surface area contributed by atoms with Gasteiger partial charge in [0.1, 0.15) is 0 Å². The fourth-order valence-corrected chi connectivity index (χ4v) is 3.34. The average molecular weight is 385 g/mol. The predicted molar refractivity (Wildman–Crippen MR) is 116 cm³/mol. The Hall–Kier alpha value is -1.86. The SMILES string of the molecule is NCCCCCC(N)c1ccnc(-c2cc(C(N)CCCCCN)ccn2)c1. The summed E-state index contributed by atoms with van der Waals surface area (Å²) in [6, 6.07) is 8.09. The minimum absolute atomic E-state index is 0.00695. The Morgan fingerprint density at radius 3 is 1.46 bits per heavy atom. The van der Waals surface area contributed by atoms with Crippen molar-refractivity contribution in [1.82, 2.24) is 9.97 Å². The molecule has 28 heavy (non-hydrogen) atoms. The van der Waals surface area contributed by atoms with Crippen LogP contribution in [0.25, 0.3) is 11.4 Å². The van der Waals surface area contributed by atoms with E-state index in [0.717, 1.165) is 87.0 Å². The van der Waals surface area contributed by atoms with Crippen molar-refractivity contribution in [1.29, 1.82) is 0 Å². The lowest BCUT2D eigenvalue weighted by Gasteiger charge is -2.14. The zero-order chi connectivity index (χ0) is 20.2. The number of unbranched alkanes of at least 4 members (excludes halogenated alkanes) is 4. The first-order valence-electron chi connectivity index (χ1n) is 10.5. The number of nitrogens with two attached hydrogens (primary N) is 4. The molecule has 2 heterocycles. The van der Waals surface area contributed by atoms with Gasteiger partial charge in [-0.3, -0.25) is 9.97 Å². The van der Waals surface area contributed by atoms with Gasteiger partial charge in [0.25, 0.3) is 0 Å². The van der Waals surface area contributed by atoms with Gasteiger partial charge in [-0.25, -0.2) is 0 Å². The molecular weight excluding hydrogens is 348 g/mol. The molecule has 2 aromatic rings. The number of aromatic nitrogens is 2. The van der Waals surface area contributed by atoms with Crippen molar-refractivity contribution in [3.8, 4) is 11.4 Å². The molecule has 6 nitrogen and oxygen atoms in total. The van der Waals surface area contributed by atoms with E-state index >= 15 is 0 Å². The first-order chi connectivity index (χ1) is 13.7. The molecule has 0 spiro atoms. The van der Waals surface area contributed by atoms with Crippen LogP contribution >= 0.6 is 0 Å². The zero-order valence-electron chi connectivity index (χ0n) is 16.9. The van der Waals surface area contributed by atoms with Gasteiger partial charge in [-0.2, -0.15) is 0 Å². The molecule has 2 unspecified atom stereocenters. The lowest BCUT2D eigenvalue weighted by molar-refractivity contribution is 0.572. The van der Waals surface area contributed by atoms with Gasteiger partial charge in [0.2, 0.25) is 0 Å². The van der Waals surface area contributed by atoms with Gasteiger partial charge in [-0.05, 0) is 74.2 Å². The van der Waals surface area contributed by atoms with Crippen LogP contribution < -0.4 is 22.9 Å². The van der Waals surface area contributed by atoms with E-state index in [1.54, 1.807) is 0 Å². The fourth-order valence-electron chi connectivity index (χ4n) is 3.34. The first kappa shape index (κ1) is 22.4. The van der Waals surface area contributed by atoms with Crippen molar-refractivity contribution in [3.63, 3.8) is 0 Å². The predicted octanol–water partition coefficient (Wildman–Crippen LogP) is 3.18. The molecule has 0 saturated carbocycles. The Balaban J connectivity index is 2.02. The molecule has 0 amide bonds. The van der Waals surface area contributed by atoms with Gasteiger partial charge in [0.05, 0.1) is 11.4 Å². The summed E-state index contributed by atoms with van der Waals surface area (Å²) in [7, 11) is 0. The van der Waals surface area contributed by atoms with Gasteiger partial charge in [-0.1, -0.05) is 25.7 Å². The number of pyridine rings is 2. The lowest BCUT2D eigenvalue weighted by atomic mass is 9.99. The largest absolute Gasteiger partial charge is 0.330 e. The maximum absolute atomic E-state index is 6.37. The molecule has 6 heteroatoms. The van der Waals surface area contributed by atoms with Crippen molar-refractivity contribution < 1.29 is 0 Å². The number of hydrogen-bond donors (Lipinski definition) is 4. The maximum atomic E-state index is 6.37. The quantitative estimate of drug-likeness (QED) is 0.392. The molecule has 2 atom stereocenters. The standard InChI is InChI=1S/C22H36N6/c23-11-5-1-3-7-19(25)17-9-13-27-21(15-17)22-16-18(10-14-28-22)20(26)8-4-2-6-12-24/h9-10,13-16,19-20H,1-8,11-12,23-26H2. The molecule has 0 aliphatic carbocycles. The third kappa shape index (κ3) is 7.28. The molecule has 0 aliphatic rings. The van der Waals surface area contributed by atoms with Crippen molar-refractivity contribution in [2.24, 2.45) is 22.9 Å². The molecule has 154 valence electrons. The Bertz CT molecular complexity index is 631. The lowest BCUT2D eigenvalue weighted by Crippen LogP contribution is -2.12. The molecule has 0 aliphatic heterocycles. The molecule has 8 N–H and O–H groups in total. The van der Waals surface area contributed by atoms with Crippen molar-refractivity contribution in [3.05, 3.63) is 47.8 Å². The Labute approximate surface area is 169 Å². The molecule has 0 fully saturated rings. The monoisotopic (exact) mass is 384 g/mol. The maximum Gasteiger partial charge on any atom is 0.0889 e. The van der Waals surface area contributed by atoms with E-state index < -0.39 is 0 Å². The van der Waals surface area contributed by atoms with E-state index in [4.69, 9.17) is 22.9 Å².